The van der Waals surface area contributed by atoms with E-state index in [0.717, 1.165) is 11.8 Å². The smallest absolute Gasteiger partial charge is 0.288 e. The highest BCUT2D eigenvalue weighted by Crippen LogP contribution is 2.34. The molecule has 1 fully saturated rings. The van der Waals surface area contributed by atoms with Gasteiger partial charge in [-0.1, -0.05) is 35.3 Å². The van der Waals surface area contributed by atoms with E-state index >= 15 is 0 Å². The van der Waals surface area contributed by atoms with Crippen molar-refractivity contribution in [3.8, 4) is 11.3 Å². The first-order valence-corrected chi connectivity index (χ1v) is 10.1. The number of hydrogen-bond donors (Lipinski definition) is 1. The van der Waals surface area contributed by atoms with Gasteiger partial charge in [-0.3, -0.25) is 14.9 Å². The van der Waals surface area contributed by atoms with Crippen LogP contribution in [0.5, 0.6) is 0 Å². The zero-order valence-electron chi connectivity index (χ0n) is 15.0. The third-order valence-electron chi connectivity index (χ3n) is 4.05. The molecule has 1 aliphatic rings. The van der Waals surface area contributed by atoms with Gasteiger partial charge < -0.3 is 9.73 Å². The average Bonchev–Trinajstić information content (AvgIpc) is 3.31. The van der Waals surface area contributed by atoms with Crippen molar-refractivity contribution >= 4 is 63.5 Å². The Morgan fingerprint density at radius 1 is 1.10 bits per heavy atom. The van der Waals surface area contributed by atoms with Gasteiger partial charge in [-0.25, -0.2) is 4.99 Å². The van der Waals surface area contributed by atoms with Crippen molar-refractivity contribution in [2.75, 3.05) is 0 Å². The fourth-order valence-corrected chi connectivity index (χ4v) is 3.83. The molecule has 0 bridgehead atoms. The lowest BCUT2D eigenvalue weighted by atomic mass is 10.1. The number of nitro benzene ring substituents is 1. The molecular weight excluding hydrogens is 449 g/mol. The molecule has 4 rings (SSSR count). The minimum Gasteiger partial charge on any atom is -0.457 e. The molecule has 1 saturated heterocycles. The maximum atomic E-state index is 12.3. The van der Waals surface area contributed by atoms with Crippen LogP contribution in [-0.2, 0) is 4.79 Å². The molecule has 3 aromatic rings. The summed E-state index contributed by atoms with van der Waals surface area (Å²) in [5.41, 5.74) is 0.838. The van der Waals surface area contributed by atoms with Gasteiger partial charge in [0.1, 0.15) is 16.5 Å². The molecular formula is C20H11Cl2N3O4S. The fraction of sp³-hybridized carbons (Fsp3) is 0. The zero-order chi connectivity index (χ0) is 21.3. The monoisotopic (exact) mass is 459 g/mol. The third kappa shape index (κ3) is 4.25. The Morgan fingerprint density at radius 2 is 1.90 bits per heavy atom. The molecule has 1 amide bonds. The summed E-state index contributed by atoms with van der Waals surface area (Å²) in [5, 5.41) is 14.7. The Morgan fingerprint density at radius 3 is 2.67 bits per heavy atom. The molecule has 0 aliphatic carbocycles. The Hall–Kier alpha value is -3.07. The number of amidine groups is 1. The highest BCUT2D eigenvalue weighted by atomic mass is 35.5. The van der Waals surface area contributed by atoms with E-state index in [2.05, 4.69) is 10.3 Å². The minimum atomic E-state index is -0.559. The molecule has 0 unspecified atom stereocenters. The van der Waals surface area contributed by atoms with E-state index in [9.17, 15) is 14.9 Å². The number of nitro groups is 1. The third-order valence-corrected chi connectivity index (χ3v) is 5.60. The van der Waals surface area contributed by atoms with Crippen LogP contribution in [0.15, 0.2) is 68.9 Å². The lowest BCUT2D eigenvalue weighted by Gasteiger charge is -1.99. The molecule has 0 atom stereocenters. The Kier molecular flexibility index (Phi) is 5.63. The second-order valence-corrected chi connectivity index (χ2v) is 7.90. The summed E-state index contributed by atoms with van der Waals surface area (Å²) >= 11 is 13.1. The predicted octanol–water partition coefficient (Wildman–Crippen LogP) is 6.05. The number of carbonyl (C=O) groups excluding carboxylic acids is 1. The second kappa shape index (κ2) is 8.35. The van der Waals surface area contributed by atoms with E-state index in [4.69, 9.17) is 27.6 Å². The normalized spacial score (nSPS) is 16.3. The summed E-state index contributed by atoms with van der Waals surface area (Å²) in [5.74, 6) is 0.514. The van der Waals surface area contributed by atoms with Gasteiger partial charge >= 0.3 is 0 Å². The van der Waals surface area contributed by atoms with Crippen LogP contribution in [0.4, 0.5) is 11.4 Å². The summed E-state index contributed by atoms with van der Waals surface area (Å²) in [6.45, 7) is 0. The van der Waals surface area contributed by atoms with E-state index in [-0.39, 0.29) is 16.6 Å². The number of halogens is 2. The number of aliphatic imine (C=N–C) groups is 1. The maximum absolute atomic E-state index is 12.3. The summed E-state index contributed by atoms with van der Waals surface area (Å²) < 4.78 is 5.73. The molecule has 1 N–H and O–H groups in total. The van der Waals surface area contributed by atoms with Crippen LogP contribution >= 0.6 is 35.0 Å². The van der Waals surface area contributed by atoms with Gasteiger partial charge in [-0.2, -0.15) is 0 Å². The van der Waals surface area contributed by atoms with E-state index in [1.54, 1.807) is 48.5 Å². The van der Waals surface area contributed by atoms with Crippen LogP contribution in [0, 0.1) is 10.1 Å². The number of furan rings is 1. The van der Waals surface area contributed by atoms with Gasteiger partial charge in [0.2, 0.25) is 0 Å². The molecule has 2 aromatic carbocycles. The van der Waals surface area contributed by atoms with Crippen LogP contribution in [0.1, 0.15) is 5.76 Å². The van der Waals surface area contributed by atoms with Crippen LogP contribution in [-0.4, -0.2) is 16.0 Å². The number of para-hydroxylation sites is 1. The molecule has 30 heavy (non-hydrogen) atoms. The number of amides is 1. The molecule has 150 valence electrons. The second-order valence-electron chi connectivity index (χ2n) is 6.06. The first-order valence-electron chi connectivity index (χ1n) is 8.49. The largest absolute Gasteiger partial charge is 0.457 e. The summed E-state index contributed by atoms with van der Waals surface area (Å²) in [7, 11) is 0. The van der Waals surface area contributed by atoms with Crippen molar-refractivity contribution in [3.05, 3.63) is 85.4 Å². The lowest BCUT2D eigenvalue weighted by Crippen LogP contribution is -2.19. The summed E-state index contributed by atoms with van der Waals surface area (Å²) in [6, 6.07) is 14.8. The Bertz CT molecular complexity index is 1240. The standard InChI is InChI=1S/C20H11Cl2N3O4S/c21-13-3-1-2-4-15(13)23-20-24-19(26)18(30-20)10-12-6-8-17(29-12)11-5-7-14(22)16(9-11)25(27)28/h1-10H,(H,23,24,26). The van der Waals surface area contributed by atoms with Gasteiger partial charge in [-0.15, -0.1) is 0 Å². The number of thioether (sulfide) groups is 1. The number of benzene rings is 2. The van der Waals surface area contributed by atoms with Crippen LogP contribution in [0.2, 0.25) is 10.0 Å². The quantitative estimate of drug-likeness (QED) is 0.290. The predicted molar refractivity (Wildman–Crippen MR) is 118 cm³/mol. The number of hydrogen-bond acceptors (Lipinski definition) is 6. The molecule has 0 spiro atoms. The summed E-state index contributed by atoms with van der Waals surface area (Å²) in [4.78, 5) is 27.5. The average molecular weight is 460 g/mol. The lowest BCUT2D eigenvalue weighted by molar-refractivity contribution is -0.384. The first-order chi connectivity index (χ1) is 14.4. The van der Waals surface area contributed by atoms with Crippen LogP contribution in [0.25, 0.3) is 17.4 Å². The Balaban J connectivity index is 1.57. The first kappa shape index (κ1) is 20.2. The zero-order valence-corrected chi connectivity index (χ0v) is 17.3. The molecule has 7 nitrogen and oxygen atoms in total. The van der Waals surface area contributed by atoms with Gasteiger partial charge in [0.25, 0.3) is 11.6 Å². The highest BCUT2D eigenvalue weighted by molar-refractivity contribution is 8.18. The van der Waals surface area contributed by atoms with Crippen molar-refractivity contribution in [2.24, 2.45) is 4.99 Å². The number of rotatable bonds is 4. The van der Waals surface area contributed by atoms with Gasteiger partial charge in [0.05, 0.1) is 20.5 Å². The highest BCUT2D eigenvalue weighted by Gasteiger charge is 2.24. The van der Waals surface area contributed by atoms with E-state index in [1.807, 2.05) is 0 Å². The van der Waals surface area contributed by atoms with Crippen molar-refractivity contribution in [2.45, 2.75) is 0 Å². The topological polar surface area (TPSA) is 97.7 Å². The van der Waals surface area contributed by atoms with E-state index in [1.165, 1.54) is 12.1 Å². The summed E-state index contributed by atoms with van der Waals surface area (Å²) in [6.07, 6.45) is 1.57. The van der Waals surface area contributed by atoms with E-state index in [0.29, 0.717) is 37.9 Å². The van der Waals surface area contributed by atoms with Gasteiger partial charge in [0, 0.05) is 17.7 Å². The molecule has 0 saturated carbocycles. The Labute approximate surface area is 184 Å². The number of carbonyl (C=O) groups is 1. The van der Waals surface area contributed by atoms with Crippen molar-refractivity contribution < 1.29 is 14.1 Å². The maximum Gasteiger partial charge on any atom is 0.288 e. The molecule has 0 radical (unpaired) electrons. The molecule has 1 aliphatic heterocycles. The SMILES string of the molecule is O=C1NC(=Nc2ccccc2Cl)SC1=Cc1ccc(-c2ccc(Cl)c([N+](=O)[O-])c2)o1. The number of nitrogens with one attached hydrogen (secondary N) is 1. The molecule has 2 heterocycles. The van der Waals surface area contributed by atoms with E-state index < -0.39 is 4.92 Å². The minimum absolute atomic E-state index is 0.0435. The van der Waals surface area contributed by atoms with Crippen molar-refractivity contribution in [3.63, 3.8) is 0 Å². The van der Waals surface area contributed by atoms with Crippen molar-refractivity contribution in [1.82, 2.24) is 5.32 Å². The van der Waals surface area contributed by atoms with Crippen LogP contribution in [0.3, 0.4) is 0 Å². The van der Waals surface area contributed by atoms with Gasteiger partial charge in [-0.05, 0) is 48.2 Å². The van der Waals surface area contributed by atoms with Gasteiger partial charge in [0.15, 0.2) is 5.17 Å². The molecule has 1 aromatic heterocycles. The fourth-order valence-electron chi connectivity index (χ4n) is 2.65. The molecule has 10 heteroatoms. The van der Waals surface area contributed by atoms with Crippen molar-refractivity contribution in [1.29, 1.82) is 0 Å². The number of nitrogens with zero attached hydrogens (tertiary/aromatic N) is 2. The van der Waals surface area contributed by atoms with Crippen LogP contribution < -0.4 is 5.32 Å².